The maximum absolute atomic E-state index is 13.0. The third-order valence-electron chi connectivity index (χ3n) is 4.33. The van der Waals surface area contributed by atoms with E-state index >= 15 is 0 Å². The van der Waals surface area contributed by atoms with Gasteiger partial charge in [-0.1, -0.05) is 18.2 Å². The van der Waals surface area contributed by atoms with Crippen molar-refractivity contribution in [1.29, 1.82) is 0 Å². The van der Waals surface area contributed by atoms with E-state index in [-0.39, 0.29) is 11.9 Å². The second-order valence-corrected chi connectivity index (χ2v) is 6.14. The number of hydrogen-bond acceptors (Lipinski definition) is 5. The summed E-state index contributed by atoms with van der Waals surface area (Å²) in [6.45, 7) is 1.90. The molecule has 3 aromatic heterocycles. The van der Waals surface area contributed by atoms with Crippen molar-refractivity contribution in [2.24, 2.45) is 0 Å². The third-order valence-corrected chi connectivity index (χ3v) is 4.33. The monoisotopic (exact) mass is 355 g/mol. The van der Waals surface area contributed by atoms with Gasteiger partial charge in [-0.05, 0) is 37.3 Å². The van der Waals surface area contributed by atoms with Crippen molar-refractivity contribution in [2.45, 2.75) is 13.0 Å². The number of para-hydroxylation sites is 1. The second-order valence-electron chi connectivity index (χ2n) is 6.14. The van der Waals surface area contributed by atoms with E-state index in [0.29, 0.717) is 5.56 Å². The Morgan fingerprint density at radius 2 is 1.78 bits per heavy atom. The van der Waals surface area contributed by atoms with Gasteiger partial charge in [0.05, 0.1) is 28.5 Å². The van der Waals surface area contributed by atoms with E-state index in [9.17, 15) is 4.79 Å². The molecule has 0 fully saturated rings. The first-order valence-corrected chi connectivity index (χ1v) is 8.59. The van der Waals surface area contributed by atoms with E-state index in [1.807, 2.05) is 49.4 Å². The van der Waals surface area contributed by atoms with Crippen LogP contribution in [0.25, 0.3) is 22.2 Å². The first kappa shape index (κ1) is 16.8. The van der Waals surface area contributed by atoms with Crippen LogP contribution in [0.5, 0.6) is 0 Å². The fraction of sp³-hybridized carbons (Fsp3) is 0.0952. The molecule has 1 N–H and O–H groups in total. The summed E-state index contributed by atoms with van der Waals surface area (Å²) in [6, 6.07) is 14.8. The summed E-state index contributed by atoms with van der Waals surface area (Å²) >= 11 is 0. The van der Waals surface area contributed by atoms with Gasteiger partial charge in [-0.2, -0.15) is 0 Å². The maximum atomic E-state index is 13.0. The second kappa shape index (κ2) is 7.29. The number of nitrogens with zero attached hydrogens (tertiary/aromatic N) is 4. The standard InChI is InChI=1S/C21H17N5O/c1-14(18-8-11-23-13-24-18)25-21(27)17-12-20(15-6-9-22-10-7-15)26-19-5-3-2-4-16(17)19/h2-14H,1H3,(H,25,27). The van der Waals surface area contributed by atoms with Gasteiger partial charge >= 0.3 is 0 Å². The van der Waals surface area contributed by atoms with Crippen LogP contribution in [-0.2, 0) is 0 Å². The van der Waals surface area contributed by atoms with E-state index in [0.717, 1.165) is 27.9 Å². The zero-order valence-corrected chi connectivity index (χ0v) is 14.7. The van der Waals surface area contributed by atoms with Crippen molar-refractivity contribution in [3.63, 3.8) is 0 Å². The molecular weight excluding hydrogens is 338 g/mol. The first-order valence-electron chi connectivity index (χ1n) is 8.59. The summed E-state index contributed by atoms with van der Waals surface area (Å²) in [7, 11) is 0. The van der Waals surface area contributed by atoms with Gasteiger partial charge in [-0.3, -0.25) is 9.78 Å². The van der Waals surface area contributed by atoms with E-state index in [1.165, 1.54) is 6.33 Å². The number of rotatable bonds is 4. The Morgan fingerprint density at radius 3 is 2.56 bits per heavy atom. The minimum Gasteiger partial charge on any atom is -0.344 e. The van der Waals surface area contributed by atoms with Crippen molar-refractivity contribution in [1.82, 2.24) is 25.3 Å². The lowest BCUT2D eigenvalue weighted by molar-refractivity contribution is 0.0940. The van der Waals surface area contributed by atoms with Gasteiger partial charge in [0, 0.05) is 29.5 Å². The molecule has 0 saturated heterocycles. The Hall–Kier alpha value is -3.67. The van der Waals surface area contributed by atoms with Crippen LogP contribution in [0.4, 0.5) is 0 Å². The van der Waals surface area contributed by atoms with Gasteiger partial charge in [0.15, 0.2) is 0 Å². The zero-order valence-electron chi connectivity index (χ0n) is 14.7. The highest BCUT2D eigenvalue weighted by molar-refractivity contribution is 6.07. The number of pyridine rings is 2. The van der Waals surface area contributed by atoms with Crippen LogP contribution < -0.4 is 5.32 Å². The minimum absolute atomic E-state index is 0.171. The van der Waals surface area contributed by atoms with Gasteiger partial charge in [-0.15, -0.1) is 0 Å². The largest absolute Gasteiger partial charge is 0.344 e. The first-order chi connectivity index (χ1) is 13.2. The highest BCUT2D eigenvalue weighted by Gasteiger charge is 2.17. The Morgan fingerprint density at radius 1 is 1.00 bits per heavy atom. The number of fused-ring (bicyclic) bond motifs is 1. The summed E-state index contributed by atoms with van der Waals surface area (Å²) in [4.78, 5) is 29.9. The van der Waals surface area contributed by atoms with Crippen molar-refractivity contribution >= 4 is 16.8 Å². The third kappa shape index (κ3) is 3.50. The van der Waals surface area contributed by atoms with Crippen LogP contribution in [0, 0.1) is 0 Å². The molecule has 0 aliphatic carbocycles. The smallest absolute Gasteiger partial charge is 0.252 e. The molecule has 0 radical (unpaired) electrons. The van der Waals surface area contributed by atoms with Crippen molar-refractivity contribution in [3.05, 3.63) is 84.7 Å². The highest BCUT2D eigenvalue weighted by atomic mass is 16.1. The maximum Gasteiger partial charge on any atom is 0.252 e. The molecule has 0 saturated carbocycles. The predicted molar refractivity (Wildman–Crippen MR) is 103 cm³/mol. The number of aromatic nitrogens is 4. The van der Waals surface area contributed by atoms with Gasteiger partial charge in [0.1, 0.15) is 6.33 Å². The molecule has 4 rings (SSSR count). The molecule has 0 aliphatic heterocycles. The average Bonchev–Trinajstić information content (AvgIpc) is 2.74. The van der Waals surface area contributed by atoms with Gasteiger partial charge in [0.2, 0.25) is 0 Å². The Bertz CT molecular complexity index is 1080. The quantitative estimate of drug-likeness (QED) is 0.605. The summed E-state index contributed by atoms with van der Waals surface area (Å²) < 4.78 is 0. The SMILES string of the molecule is CC(NC(=O)c1cc(-c2ccncc2)nc2ccccc12)c1ccncn1. The predicted octanol–water partition coefficient (Wildman–Crippen LogP) is 3.58. The summed E-state index contributed by atoms with van der Waals surface area (Å²) in [6.07, 6.45) is 6.56. The van der Waals surface area contributed by atoms with Crippen molar-refractivity contribution in [3.8, 4) is 11.3 Å². The fourth-order valence-electron chi connectivity index (χ4n) is 2.94. The number of amides is 1. The van der Waals surface area contributed by atoms with Crippen LogP contribution in [-0.4, -0.2) is 25.8 Å². The molecule has 1 aromatic carbocycles. The Balaban J connectivity index is 1.74. The van der Waals surface area contributed by atoms with Gasteiger partial charge < -0.3 is 5.32 Å². The van der Waals surface area contributed by atoms with Crippen LogP contribution in [0.15, 0.2) is 73.4 Å². The van der Waals surface area contributed by atoms with Gasteiger partial charge in [0.25, 0.3) is 5.91 Å². The number of benzene rings is 1. The lowest BCUT2D eigenvalue weighted by Gasteiger charge is -2.15. The Kier molecular flexibility index (Phi) is 4.53. The van der Waals surface area contributed by atoms with Crippen molar-refractivity contribution in [2.75, 3.05) is 0 Å². The molecular formula is C21H17N5O. The summed E-state index contributed by atoms with van der Waals surface area (Å²) in [5, 5.41) is 3.82. The van der Waals surface area contributed by atoms with Crippen LogP contribution in [0.3, 0.4) is 0 Å². The molecule has 27 heavy (non-hydrogen) atoms. The number of hydrogen-bond donors (Lipinski definition) is 1. The van der Waals surface area contributed by atoms with Crippen molar-refractivity contribution < 1.29 is 4.79 Å². The van der Waals surface area contributed by atoms with Crippen LogP contribution in [0.2, 0.25) is 0 Å². The van der Waals surface area contributed by atoms with Gasteiger partial charge in [-0.25, -0.2) is 15.0 Å². The average molecular weight is 355 g/mol. The molecule has 1 unspecified atom stereocenters. The number of nitrogens with one attached hydrogen (secondary N) is 1. The molecule has 0 bridgehead atoms. The molecule has 6 heteroatoms. The van der Waals surface area contributed by atoms with Crippen LogP contribution >= 0.6 is 0 Å². The topological polar surface area (TPSA) is 80.7 Å². The number of carbonyl (C=O) groups excluding carboxylic acids is 1. The number of carbonyl (C=O) groups is 1. The Labute approximate surface area is 156 Å². The fourth-order valence-corrected chi connectivity index (χ4v) is 2.94. The lowest BCUT2D eigenvalue weighted by atomic mass is 10.0. The van der Waals surface area contributed by atoms with E-state index in [4.69, 9.17) is 4.98 Å². The molecule has 0 aliphatic rings. The highest BCUT2D eigenvalue weighted by Crippen LogP contribution is 2.25. The summed E-state index contributed by atoms with van der Waals surface area (Å²) in [5.74, 6) is -0.171. The zero-order chi connectivity index (χ0) is 18.6. The van der Waals surface area contributed by atoms with E-state index in [1.54, 1.807) is 24.7 Å². The molecule has 1 amide bonds. The minimum atomic E-state index is -0.239. The van der Waals surface area contributed by atoms with Crippen LogP contribution in [0.1, 0.15) is 29.0 Å². The molecule has 0 spiro atoms. The molecule has 132 valence electrons. The molecule has 3 heterocycles. The molecule has 1 atom stereocenters. The molecule has 4 aromatic rings. The summed E-state index contributed by atoms with van der Waals surface area (Å²) in [5.41, 5.74) is 3.75. The van der Waals surface area contributed by atoms with E-state index < -0.39 is 0 Å². The molecule has 6 nitrogen and oxygen atoms in total. The normalized spacial score (nSPS) is 11.9. The van der Waals surface area contributed by atoms with E-state index in [2.05, 4.69) is 20.3 Å². The lowest BCUT2D eigenvalue weighted by Crippen LogP contribution is -2.27.